The maximum Gasteiger partial charge on any atom is 0.335 e. The molecule has 0 aliphatic heterocycles. The molecule has 0 radical (unpaired) electrons. The highest BCUT2D eigenvalue weighted by atomic mass is 16.4. The van der Waals surface area contributed by atoms with Crippen molar-refractivity contribution >= 4 is 16.9 Å². The normalized spacial score (nSPS) is 15.5. The van der Waals surface area contributed by atoms with E-state index in [0.29, 0.717) is 11.4 Å². The number of hydrogen-bond donors (Lipinski definition) is 2. The van der Waals surface area contributed by atoms with E-state index >= 15 is 0 Å². The summed E-state index contributed by atoms with van der Waals surface area (Å²) in [4.78, 5) is 11.3. The minimum absolute atomic E-state index is 0.216. The Morgan fingerprint density at radius 2 is 1.76 bits per heavy atom. The SMILES string of the molecule is O=C(O)c1ccc2c(C3CCCCC3)n(-c3ccc(O)cc3)nc2c1. The second-order valence-corrected chi connectivity index (χ2v) is 6.69. The first-order valence-electron chi connectivity index (χ1n) is 8.69. The molecule has 1 heterocycles. The summed E-state index contributed by atoms with van der Waals surface area (Å²) in [6, 6.07) is 12.1. The summed E-state index contributed by atoms with van der Waals surface area (Å²) in [5, 5.41) is 24.5. The molecule has 3 aromatic rings. The molecule has 1 aromatic heterocycles. The number of phenolic OH excluding ortho intramolecular Hbond substituents is 1. The number of benzene rings is 2. The van der Waals surface area contributed by atoms with Gasteiger partial charge in [0.1, 0.15) is 5.75 Å². The van der Waals surface area contributed by atoms with Gasteiger partial charge in [-0.3, -0.25) is 0 Å². The van der Waals surface area contributed by atoms with E-state index in [0.717, 1.165) is 29.6 Å². The third-order valence-corrected chi connectivity index (χ3v) is 5.04. The van der Waals surface area contributed by atoms with Crippen molar-refractivity contribution < 1.29 is 15.0 Å². The summed E-state index contributed by atoms with van der Waals surface area (Å²) in [6.45, 7) is 0. The van der Waals surface area contributed by atoms with Crippen LogP contribution in [0.3, 0.4) is 0 Å². The van der Waals surface area contributed by atoms with Crippen LogP contribution < -0.4 is 0 Å². The average Bonchev–Trinajstić information content (AvgIpc) is 3.01. The molecule has 1 fully saturated rings. The van der Waals surface area contributed by atoms with Gasteiger partial charge in [0.05, 0.1) is 22.5 Å². The molecule has 4 rings (SSSR count). The van der Waals surface area contributed by atoms with Crippen LogP contribution in [0.15, 0.2) is 42.5 Å². The molecule has 0 spiro atoms. The Morgan fingerprint density at radius 1 is 1.04 bits per heavy atom. The number of aromatic carboxylic acids is 1. The van der Waals surface area contributed by atoms with Crippen molar-refractivity contribution in [1.82, 2.24) is 9.78 Å². The van der Waals surface area contributed by atoms with Crippen LogP contribution >= 0.6 is 0 Å². The molecule has 128 valence electrons. The number of nitrogens with zero attached hydrogens (tertiary/aromatic N) is 2. The van der Waals surface area contributed by atoms with Gasteiger partial charge in [0.2, 0.25) is 0 Å². The minimum atomic E-state index is -0.944. The van der Waals surface area contributed by atoms with Crippen LogP contribution in [0.1, 0.15) is 54.1 Å². The number of aromatic hydroxyl groups is 1. The topological polar surface area (TPSA) is 75.3 Å². The van der Waals surface area contributed by atoms with E-state index in [-0.39, 0.29) is 11.3 Å². The van der Waals surface area contributed by atoms with Gasteiger partial charge in [0.15, 0.2) is 0 Å². The monoisotopic (exact) mass is 336 g/mol. The summed E-state index contributed by atoms with van der Waals surface area (Å²) < 4.78 is 1.92. The molecule has 2 N–H and O–H groups in total. The maximum atomic E-state index is 11.3. The van der Waals surface area contributed by atoms with Crippen molar-refractivity contribution in [1.29, 1.82) is 0 Å². The van der Waals surface area contributed by atoms with E-state index in [1.54, 1.807) is 24.3 Å². The van der Waals surface area contributed by atoms with Crippen LogP contribution in [0, 0.1) is 0 Å². The largest absolute Gasteiger partial charge is 0.508 e. The molecule has 25 heavy (non-hydrogen) atoms. The van der Waals surface area contributed by atoms with Gasteiger partial charge in [-0.15, -0.1) is 0 Å². The molecule has 0 bridgehead atoms. The van der Waals surface area contributed by atoms with Crippen molar-refractivity contribution in [3.05, 3.63) is 53.7 Å². The Hall–Kier alpha value is -2.82. The van der Waals surface area contributed by atoms with Gasteiger partial charge in [-0.05, 0) is 49.2 Å². The first kappa shape index (κ1) is 15.7. The van der Waals surface area contributed by atoms with E-state index in [4.69, 9.17) is 5.10 Å². The Bertz CT molecular complexity index is 922. The third-order valence-electron chi connectivity index (χ3n) is 5.04. The minimum Gasteiger partial charge on any atom is -0.508 e. The van der Waals surface area contributed by atoms with E-state index in [2.05, 4.69) is 0 Å². The fourth-order valence-corrected chi connectivity index (χ4v) is 3.80. The van der Waals surface area contributed by atoms with E-state index < -0.39 is 5.97 Å². The van der Waals surface area contributed by atoms with E-state index in [1.165, 1.54) is 19.3 Å². The summed E-state index contributed by atoms with van der Waals surface area (Å²) in [5.41, 5.74) is 2.98. The molecule has 0 unspecified atom stereocenters. The maximum absolute atomic E-state index is 11.3. The van der Waals surface area contributed by atoms with Gasteiger partial charge >= 0.3 is 5.97 Å². The number of carbonyl (C=O) groups is 1. The van der Waals surface area contributed by atoms with Crippen molar-refractivity contribution in [2.75, 3.05) is 0 Å². The van der Waals surface area contributed by atoms with Crippen LogP contribution in [-0.4, -0.2) is 26.0 Å². The van der Waals surface area contributed by atoms with Crippen molar-refractivity contribution in [2.24, 2.45) is 0 Å². The van der Waals surface area contributed by atoms with Gasteiger partial charge in [-0.1, -0.05) is 25.3 Å². The first-order valence-corrected chi connectivity index (χ1v) is 8.69. The average molecular weight is 336 g/mol. The number of carboxylic acids is 1. The molecule has 0 amide bonds. The van der Waals surface area contributed by atoms with Crippen LogP contribution in [0.25, 0.3) is 16.6 Å². The van der Waals surface area contributed by atoms with Crippen molar-refractivity contribution in [3.63, 3.8) is 0 Å². The molecular weight excluding hydrogens is 316 g/mol. The zero-order valence-corrected chi connectivity index (χ0v) is 13.9. The lowest BCUT2D eigenvalue weighted by Gasteiger charge is -2.23. The highest BCUT2D eigenvalue weighted by Crippen LogP contribution is 2.38. The Balaban J connectivity index is 1.92. The summed E-state index contributed by atoms with van der Waals surface area (Å²) in [5.74, 6) is -0.309. The number of phenols is 1. The zero-order chi connectivity index (χ0) is 17.4. The number of aromatic nitrogens is 2. The lowest BCUT2D eigenvalue weighted by atomic mass is 9.85. The van der Waals surface area contributed by atoms with Gasteiger partial charge in [-0.25, -0.2) is 9.48 Å². The van der Waals surface area contributed by atoms with Gasteiger partial charge < -0.3 is 10.2 Å². The van der Waals surface area contributed by atoms with E-state index in [1.807, 2.05) is 22.9 Å². The Labute approximate surface area is 145 Å². The van der Waals surface area contributed by atoms with Crippen molar-refractivity contribution in [2.45, 2.75) is 38.0 Å². The zero-order valence-electron chi connectivity index (χ0n) is 13.9. The van der Waals surface area contributed by atoms with Crippen LogP contribution in [0.5, 0.6) is 5.75 Å². The Morgan fingerprint density at radius 3 is 2.44 bits per heavy atom. The smallest absolute Gasteiger partial charge is 0.335 e. The second kappa shape index (κ2) is 6.24. The quantitative estimate of drug-likeness (QED) is 0.739. The fraction of sp³-hybridized carbons (Fsp3) is 0.300. The second-order valence-electron chi connectivity index (χ2n) is 6.69. The molecule has 5 nitrogen and oxygen atoms in total. The summed E-state index contributed by atoms with van der Waals surface area (Å²) in [6.07, 6.45) is 5.93. The fourth-order valence-electron chi connectivity index (χ4n) is 3.80. The first-order chi connectivity index (χ1) is 12.1. The number of rotatable bonds is 3. The standard InChI is InChI=1S/C20H20N2O3/c23-16-9-7-15(8-10-16)22-19(13-4-2-1-3-5-13)17-11-6-14(20(24)25)12-18(17)21-22/h6-13,23H,1-5H2,(H,24,25). The van der Waals surface area contributed by atoms with Gasteiger partial charge in [0, 0.05) is 11.3 Å². The number of fused-ring (bicyclic) bond motifs is 1. The van der Waals surface area contributed by atoms with Gasteiger partial charge in [0.25, 0.3) is 0 Å². The molecule has 0 atom stereocenters. The Kier molecular flexibility index (Phi) is 3.92. The highest BCUT2D eigenvalue weighted by Gasteiger charge is 2.24. The molecule has 1 aliphatic carbocycles. The van der Waals surface area contributed by atoms with Crippen LogP contribution in [-0.2, 0) is 0 Å². The molecule has 5 heteroatoms. The highest BCUT2D eigenvalue weighted by molar-refractivity contribution is 5.94. The van der Waals surface area contributed by atoms with Crippen LogP contribution in [0.2, 0.25) is 0 Å². The third kappa shape index (κ3) is 2.86. The molecule has 1 saturated carbocycles. The molecular formula is C20H20N2O3. The molecule has 2 aromatic carbocycles. The summed E-state index contributed by atoms with van der Waals surface area (Å²) >= 11 is 0. The molecule has 1 aliphatic rings. The predicted molar refractivity (Wildman–Crippen MR) is 95.5 cm³/mol. The van der Waals surface area contributed by atoms with Gasteiger partial charge in [-0.2, -0.15) is 5.10 Å². The van der Waals surface area contributed by atoms with E-state index in [9.17, 15) is 15.0 Å². The molecule has 0 saturated heterocycles. The van der Waals surface area contributed by atoms with Crippen molar-refractivity contribution in [3.8, 4) is 11.4 Å². The summed E-state index contributed by atoms with van der Waals surface area (Å²) in [7, 11) is 0. The number of carboxylic acid groups (broad SMARTS) is 1. The van der Waals surface area contributed by atoms with Crippen LogP contribution in [0.4, 0.5) is 0 Å². The lowest BCUT2D eigenvalue weighted by Crippen LogP contribution is -2.11. The number of hydrogen-bond acceptors (Lipinski definition) is 3. The lowest BCUT2D eigenvalue weighted by molar-refractivity contribution is 0.0697. The predicted octanol–water partition coefficient (Wildman–Crippen LogP) is 4.48.